The van der Waals surface area contributed by atoms with Gasteiger partial charge in [0.05, 0.1) is 4.90 Å². The average molecular weight is 430 g/mol. The van der Waals surface area contributed by atoms with Gasteiger partial charge in [-0.3, -0.25) is 9.48 Å². The summed E-state index contributed by atoms with van der Waals surface area (Å²) in [6.45, 7) is 3.96. The van der Waals surface area contributed by atoms with E-state index in [9.17, 15) is 26.4 Å². The van der Waals surface area contributed by atoms with Crippen molar-refractivity contribution in [2.75, 3.05) is 26.2 Å². The number of aromatic nitrogens is 2. The highest BCUT2D eigenvalue weighted by Crippen LogP contribution is 2.27. The van der Waals surface area contributed by atoms with Gasteiger partial charge >= 0.3 is 6.18 Å². The van der Waals surface area contributed by atoms with Crippen molar-refractivity contribution < 1.29 is 26.4 Å². The second-order valence-electron chi connectivity index (χ2n) is 6.93. The summed E-state index contributed by atoms with van der Waals surface area (Å²) in [4.78, 5) is 14.0. The Hall–Kier alpha value is -2.40. The van der Waals surface area contributed by atoms with Crippen LogP contribution in [-0.2, 0) is 27.5 Å². The van der Waals surface area contributed by atoms with Crippen LogP contribution in [0.2, 0.25) is 0 Å². The monoisotopic (exact) mass is 430 g/mol. The van der Waals surface area contributed by atoms with E-state index in [2.05, 4.69) is 5.10 Å². The predicted octanol–water partition coefficient (Wildman–Crippen LogP) is 2.05. The molecule has 0 saturated carbocycles. The van der Waals surface area contributed by atoms with Crippen LogP contribution in [0.1, 0.15) is 16.8 Å². The van der Waals surface area contributed by atoms with Crippen molar-refractivity contribution in [3.8, 4) is 0 Å². The molecule has 1 aliphatic heterocycles. The van der Waals surface area contributed by atoms with Gasteiger partial charge in [-0.25, -0.2) is 8.42 Å². The Labute approximate surface area is 166 Å². The minimum Gasteiger partial charge on any atom is -0.338 e. The Morgan fingerprint density at radius 2 is 1.72 bits per heavy atom. The van der Waals surface area contributed by atoms with Crippen LogP contribution in [0.25, 0.3) is 0 Å². The molecule has 158 valence electrons. The summed E-state index contributed by atoms with van der Waals surface area (Å²) in [5, 5.41) is 3.36. The molecule has 1 fully saturated rings. The third-order valence-corrected chi connectivity index (χ3v) is 6.83. The second-order valence-corrected chi connectivity index (χ2v) is 8.87. The summed E-state index contributed by atoms with van der Waals surface area (Å²) in [6.07, 6.45) is -3.47. The smallest absolute Gasteiger partial charge is 0.338 e. The normalized spacial score (nSPS) is 16.2. The van der Waals surface area contributed by atoms with E-state index in [0.717, 1.165) is 28.1 Å². The third kappa shape index (κ3) is 4.61. The second kappa shape index (κ2) is 7.79. The zero-order valence-electron chi connectivity index (χ0n) is 16.0. The first-order valence-electron chi connectivity index (χ1n) is 8.94. The largest absolute Gasteiger partial charge is 0.435 e. The maximum atomic E-state index is 12.8. The van der Waals surface area contributed by atoms with Crippen LogP contribution in [0.4, 0.5) is 13.2 Å². The van der Waals surface area contributed by atoms with Crippen LogP contribution in [0.15, 0.2) is 35.4 Å². The van der Waals surface area contributed by atoms with Crippen LogP contribution in [0.3, 0.4) is 0 Å². The number of hydrogen-bond donors (Lipinski definition) is 0. The maximum absolute atomic E-state index is 12.8. The van der Waals surface area contributed by atoms with Gasteiger partial charge in [0.25, 0.3) is 0 Å². The molecule has 0 N–H and O–H groups in total. The van der Waals surface area contributed by atoms with E-state index in [1.807, 2.05) is 13.8 Å². The number of amides is 1. The van der Waals surface area contributed by atoms with E-state index in [1.54, 1.807) is 18.2 Å². The molecule has 3 rings (SSSR count). The van der Waals surface area contributed by atoms with Gasteiger partial charge in [0.2, 0.25) is 15.9 Å². The lowest BCUT2D eigenvalue weighted by Gasteiger charge is -2.34. The third-order valence-electron chi connectivity index (χ3n) is 4.94. The van der Waals surface area contributed by atoms with E-state index in [-0.39, 0.29) is 37.6 Å². The molecule has 1 amide bonds. The number of carbonyl (C=O) groups excluding carboxylic acids is 1. The fraction of sp³-hybridized carbons (Fsp3) is 0.444. The first-order valence-corrected chi connectivity index (χ1v) is 10.4. The fourth-order valence-electron chi connectivity index (χ4n) is 3.04. The average Bonchev–Trinajstić information content (AvgIpc) is 3.13. The SMILES string of the molecule is Cc1ccc(S(=O)(=O)N2CCN(C(=O)Cn3ccc(C(F)(F)F)n3)CC2)cc1C. The number of benzene rings is 1. The Kier molecular flexibility index (Phi) is 5.72. The van der Waals surface area contributed by atoms with Gasteiger partial charge in [0.1, 0.15) is 6.54 Å². The molecule has 2 heterocycles. The van der Waals surface area contributed by atoms with Crippen molar-refractivity contribution in [3.05, 3.63) is 47.3 Å². The van der Waals surface area contributed by atoms with Gasteiger partial charge in [-0.1, -0.05) is 6.07 Å². The van der Waals surface area contributed by atoms with Gasteiger partial charge in [0, 0.05) is 32.4 Å². The van der Waals surface area contributed by atoms with E-state index in [0.29, 0.717) is 0 Å². The van der Waals surface area contributed by atoms with Crippen LogP contribution in [-0.4, -0.2) is 59.5 Å². The lowest BCUT2D eigenvalue weighted by molar-refractivity contribution is -0.142. The molecule has 2 aromatic rings. The van der Waals surface area contributed by atoms with Crippen molar-refractivity contribution in [2.24, 2.45) is 0 Å². The van der Waals surface area contributed by atoms with Crippen LogP contribution < -0.4 is 0 Å². The minimum atomic E-state index is -4.57. The highest BCUT2D eigenvalue weighted by Gasteiger charge is 2.34. The molecule has 0 unspecified atom stereocenters. The summed E-state index contributed by atoms with van der Waals surface area (Å²) < 4.78 is 65.7. The van der Waals surface area contributed by atoms with Gasteiger partial charge < -0.3 is 4.90 Å². The first kappa shape index (κ1) is 21.3. The van der Waals surface area contributed by atoms with E-state index in [4.69, 9.17) is 0 Å². The summed E-state index contributed by atoms with van der Waals surface area (Å²) in [6, 6.07) is 5.74. The van der Waals surface area contributed by atoms with Crippen molar-refractivity contribution in [2.45, 2.75) is 31.5 Å². The zero-order chi connectivity index (χ0) is 21.4. The molecule has 0 spiro atoms. The quantitative estimate of drug-likeness (QED) is 0.744. The predicted molar refractivity (Wildman–Crippen MR) is 98.5 cm³/mol. The number of rotatable bonds is 4. The fourth-order valence-corrected chi connectivity index (χ4v) is 4.55. The van der Waals surface area contributed by atoms with Crippen LogP contribution in [0.5, 0.6) is 0 Å². The van der Waals surface area contributed by atoms with Gasteiger partial charge in [0.15, 0.2) is 5.69 Å². The molecule has 0 bridgehead atoms. The molecule has 11 heteroatoms. The molecule has 0 atom stereocenters. The Morgan fingerprint density at radius 3 is 2.28 bits per heavy atom. The van der Waals surface area contributed by atoms with Gasteiger partial charge in [-0.15, -0.1) is 0 Å². The first-order chi connectivity index (χ1) is 13.5. The summed E-state index contributed by atoms with van der Waals surface area (Å²) in [5.41, 5.74) is 0.804. The van der Waals surface area contributed by atoms with Crippen LogP contribution >= 0.6 is 0 Å². The zero-order valence-corrected chi connectivity index (χ0v) is 16.8. The Balaban J connectivity index is 1.61. The number of alkyl halides is 3. The topological polar surface area (TPSA) is 75.5 Å². The van der Waals surface area contributed by atoms with Crippen LogP contribution in [0, 0.1) is 13.8 Å². The number of nitrogens with zero attached hydrogens (tertiary/aromatic N) is 4. The minimum absolute atomic E-state index is 0.119. The number of carbonyl (C=O) groups is 1. The highest BCUT2D eigenvalue weighted by atomic mass is 32.2. The summed E-state index contributed by atoms with van der Waals surface area (Å²) in [5.74, 6) is -0.412. The molecule has 29 heavy (non-hydrogen) atoms. The van der Waals surface area contributed by atoms with E-state index in [1.165, 1.54) is 9.21 Å². The van der Waals surface area contributed by atoms with Crippen molar-refractivity contribution in [1.29, 1.82) is 0 Å². The summed E-state index contributed by atoms with van der Waals surface area (Å²) >= 11 is 0. The lowest BCUT2D eigenvalue weighted by atomic mass is 10.1. The molecule has 1 saturated heterocycles. The number of halogens is 3. The Morgan fingerprint density at radius 1 is 1.07 bits per heavy atom. The molecule has 7 nitrogen and oxygen atoms in total. The number of aryl methyl sites for hydroxylation is 2. The van der Waals surface area contributed by atoms with Crippen molar-refractivity contribution >= 4 is 15.9 Å². The van der Waals surface area contributed by atoms with E-state index < -0.39 is 27.8 Å². The number of sulfonamides is 1. The standard InChI is InChI=1S/C18H21F3N4O3S/c1-13-3-4-15(11-14(13)2)29(27,28)25-9-7-23(8-10-25)17(26)12-24-6-5-16(22-24)18(19,20)21/h3-6,11H,7-10,12H2,1-2H3. The summed E-state index contributed by atoms with van der Waals surface area (Å²) in [7, 11) is -3.67. The van der Waals surface area contributed by atoms with Gasteiger partial charge in [-0.2, -0.15) is 22.6 Å². The molecule has 1 aromatic heterocycles. The number of piperazine rings is 1. The molecular weight excluding hydrogens is 409 g/mol. The van der Waals surface area contributed by atoms with Crippen molar-refractivity contribution in [1.82, 2.24) is 19.0 Å². The molecule has 0 aliphatic carbocycles. The maximum Gasteiger partial charge on any atom is 0.435 e. The molecule has 1 aliphatic rings. The Bertz CT molecular complexity index is 1010. The van der Waals surface area contributed by atoms with Crippen molar-refractivity contribution in [3.63, 3.8) is 0 Å². The van der Waals surface area contributed by atoms with E-state index >= 15 is 0 Å². The molecule has 1 aromatic carbocycles. The molecular formula is C18H21F3N4O3S. The molecule has 0 radical (unpaired) electrons. The number of hydrogen-bond acceptors (Lipinski definition) is 4. The lowest BCUT2D eigenvalue weighted by Crippen LogP contribution is -2.51. The highest BCUT2D eigenvalue weighted by molar-refractivity contribution is 7.89. The van der Waals surface area contributed by atoms with Gasteiger partial charge in [-0.05, 0) is 43.2 Å².